The van der Waals surface area contributed by atoms with Crippen molar-refractivity contribution in [2.24, 2.45) is 0 Å². The molecule has 1 aliphatic rings. The van der Waals surface area contributed by atoms with Crippen molar-refractivity contribution >= 4 is 11.7 Å². The van der Waals surface area contributed by atoms with E-state index in [9.17, 15) is 9.18 Å². The SMILES string of the molecule is O=C(C#Cc1ccccc1)N1CCN(c2ncccc2F)CC1. The van der Waals surface area contributed by atoms with Crippen molar-refractivity contribution in [3.05, 3.63) is 60.0 Å². The van der Waals surface area contributed by atoms with Gasteiger partial charge in [-0.25, -0.2) is 9.37 Å². The Balaban J connectivity index is 1.60. The van der Waals surface area contributed by atoms with Gasteiger partial charge in [0.05, 0.1) is 0 Å². The lowest BCUT2D eigenvalue weighted by atomic mass is 10.2. The Kier molecular flexibility index (Phi) is 4.53. The van der Waals surface area contributed by atoms with Crippen molar-refractivity contribution in [3.63, 3.8) is 0 Å². The normalized spacial score (nSPS) is 14.1. The van der Waals surface area contributed by atoms with Crippen molar-refractivity contribution < 1.29 is 9.18 Å². The molecule has 2 aromatic rings. The number of carbonyl (C=O) groups is 1. The van der Waals surface area contributed by atoms with Gasteiger partial charge in [0.2, 0.25) is 0 Å². The van der Waals surface area contributed by atoms with Crippen molar-refractivity contribution in [1.82, 2.24) is 9.88 Å². The third-order valence-electron chi connectivity index (χ3n) is 3.69. The van der Waals surface area contributed by atoms with Crippen LogP contribution in [0.3, 0.4) is 0 Å². The average molecular weight is 309 g/mol. The Morgan fingerprint density at radius 1 is 1.04 bits per heavy atom. The molecule has 0 bridgehead atoms. The molecule has 1 aliphatic heterocycles. The van der Waals surface area contributed by atoms with E-state index in [1.165, 1.54) is 6.07 Å². The fourth-order valence-electron chi connectivity index (χ4n) is 2.46. The van der Waals surface area contributed by atoms with Gasteiger partial charge in [-0.3, -0.25) is 4.79 Å². The van der Waals surface area contributed by atoms with Gasteiger partial charge >= 0.3 is 0 Å². The predicted molar refractivity (Wildman–Crippen MR) is 86.3 cm³/mol. The number of amides is 1. The Morgan fingerprint density at radius 3 is 2.48 bits per heavy atom. The quantitative estimate of drug-likeness (QED) is 0.755. The number of rotatable bonds is 1. The van der Waals surface area contributed by atoms with Gasteiger partial charge in [-0.15, -0.1) is 0 Å². The molecule has 1 amide bonds. The van der Waals surface area contributed by atoms with Crippen molar-refractivity contribution in [3.8, 4) is 11.8 Å². The molecule has 4 nitrogen and oxygen atoms in total. The molecule has 1 aromatic carbocycles. The Labute approximate surface area is 134 Å². The lowest BCUT2D eigenvalue weighted by Gasteiger charge is -2.34. The topological polar surface area (TPSA) is 36.4 Å². The third-order valence-corrected chi connectivity index (χ3v) is 3.69. The summed E-state index contributed by atoms with van der Waals surface area (Å²) in [4.78, 5) is 19.7. The zero-order valence-corrected chi connectivity index (χ0v) is 12.6. The van der Waals surface area contributed by atoms with E-state index in [0.29, 0.717) is 32.0 Å². The van der Waals surface area contributed by atoms with Crippen LogP contribution in [-0.4, -0.2) is 42.0 Å². The van der Waals surface area contributed by atoms with Crippen LogP contribution in [0.25, 0.3) is 0 Å². The monoisotopic (exact) mass is 309 g/mol. The van der Waals surface area contributed by atoms with Gasteiger partial charge < -0.3 is 9.80 Å². The summed E-state index contributed by atoms with van der Waals surface area (Å²) in [5.74, 6) is 5.34. The molecule has 116 valence electrons. The summed E-state index contributed by atoms with van der Waals surface area (Å²) in [6.07, 6.45) is 1.57. The van der Waals surface area contributed by atoms with Gasteiger partial charge in [0.25, 0.3) is 5.91 Å². The molecule has 0 N–H and O–H groups in total. The van der Waals surface area contributed by atoms with Crippen LogP contribution in [-0.2, 0) is 4.79 Å². The number of hydrogen-bond acceptors (Lipinski definition) is 3. The number of nitrogens with zero attached hydrogens (tertiary/aromatic N) is 3. The Morgan fingerprint density at radius 2 is 1.78 bits per heavy atom. The summed E-state index contributed by atoms with van der Waals surface area (Å²) in [6.45, 7) is 2.12. The molecule has 1 saturated heterocycles. The highest BCUT2D eigenvalue weighted by molar-refractivity contribution is 5.94. The highest BCUT2D eigenvalue weighted by Crippen LogP contribution is 2.17. The highest BCUT2D eigenvalue weighted by atomic mass is 19.1. The van der Waals surface area contributed by atoms with Crippen LogP contribution in [0.5, 0.6) is 0 Å². The van der Waals surface area contributed by atoms with E-state index in [2.05, 4.69) is 16.8 Å². The van der Waals surface area contributed by atoms with E-state index in [1.54, 1.807) is 17.2 Å². The summed E-state index contributed by atoms with van der Waals surface area (Å²) in [6, 6.07) is 12.4. The Hall–Kier alpha value is -2.87. The molecular weight excluding hydrogens is 293 g/mol. The third kappa shape index (κ3) is 3.67. The molecule has 1 aromatic heterocycles. The van der Waals surface area contributed by atoms with Crippen LogP contribution in [0.2, 0.25) is 0 Å². The first-order chi connectivity index (χ1) is 11.2. The summed E-state index contributed by atoms with van der Waals surface area (Å²) < 4.78 is 13.7. The van der Waals surface area contributed by atoms with Gasteiger partial charge in [0.15, 0.2) is 11.6 Å². The summed E-state index contributed by atoms with van der Waals surface area (Å²) in [7, 11) is 0. The van der Waals surface area contributed by atoms with Crippen LogP contribution in [0.4, 0.5) is 10.2 Å². The number of anilines is 1. The smallest absolute Gasteiger partial charge is 0.298 e. The van der Waals surface area contributed by atoms with Crippen LogP contribution in [0, 0.1) is 17.7 Å². The van der Waals surface area contributed by atoms with Gasteiger partial charge in [-0.05, 0) is 24.3 Å². The maximum absolute atomic E-state index is 13.7. The molecule has 3 rings (SSSR count). The second kappa shape index (κ2) is 6.93. The lowest BCUT2D eigenvalue weighted by Crippen LogP contribution is -2.49. The first kappa shape index (κ1) is 15.0. The number of piperazine rings is 1. The van der Waals surface area contributed by atoms with Crippen LogP contribution in [0.1, 0.15) is 5.56 Å². The number of pyridine rings is 1. The largest absolute Gasteiger partial charge is 0.351 e. The zero-order valence-electron chi connectivity index (χ0n) is 12.6. The maximum Gasteiger partial charge on any atom is 0.298 e. The fraction of sp³-hybridized carbons (Fsp3) is 0.222. The van der Waals surface area contributed by atoms with E-state index < -0.39 is 0 Å². The molecule has 0 saturated carbocycles. The molecule has 2 heterocycles. The summed E-state index contributed by atoms with van der Waals surface area (Å²) >= 11 is 0. The van der Waals surface area contributed by atoms with Crippen LogP contribution >= 0.6 is 0 Å². The molecule has 0 radical (unpaired) electrons. The van der Waals surface area contributed by atoms with Crippen molar-refractivity contribution in [2.75, 3.05) is 31.1 Å². The summed E-state index contributed by atoms with van der Waals surface area (Å²) in [5, 5.41) is 0. The predicted octanol–water partition coefficient (Wildman–Crippen LogP) is 1.92. The number of carbonyl (C=O) groups excluding carboxylic acids is 1. The first-order valence-corrected chi connectivity index (χ1v) is 7.45. The molecular formula is C18H16FN3O. The second-order valence-corrected chi connectivity index (χ2v) is 5.20. The van der Waals surface area contributed by atoms with Gasteiger partial charge in [-0.2, -0.15) is 0 Å². The van der Waals surface area contributed by atoms with Crippen molar-refractivity contribution in [2.45, 2.75) is 0 Å². The number of halogens is 1. The number of hydrogen-bond donors (Lipinski definition) is 0. The minimum absolute atomic E-state index is 0.199. The molecule has 0 spiro atoms. The molecule has 5 heteroatoms. The minimum atomic E-state index is -0.337. The number of aromatic nitrogens is 1. The zero-order chi connectivity index (χ0) is 16.1. The highest BCUT2D eigenvalue weighted by Gasteiger charge is 2.22. The summed E-state index contributed by atoms with van der Waals surface area (Å²) in [5.41, 5.74) is 0.815. The minimum Gasteiger partial charge on any atom is -0.351 e. The van der Waals surface area contributed by atoms with Crippen molar-refractivity contribution in [1.29, 1.82) is 0 Å². The van der Waals surface area contributed by atoms with E-state index in [0.717, 1.165) is 5.56 Å². The first-order valence-electron chi connectivity index (χ1n) is 7.45. The maximum atomic E-state index is 13.7. The standard InChI is InChI=1S/C18H16FN3O/c19-16-7-4-10-20-18(16)22-13-11-21(12-14-22)17(23)9-8-15-5-2-1-3-6-15/h1-7,10H,11-14H2. The van der Waals surface area contributed by atoms with E-state index >= 15 is 0 Å². The van der Waals surface area contributed by atoms with Crippen LogP contribution < -0.4 is 4.90 Å². The number of benzene rings is 1. The van der Waals surface area contributed by atoms with Gasteiger partial charge in [-0.1, -0.05) is 24.1 Å². The van der Waals surface area contributed by atoms with Crippen LogP contribution in [0.15, 0.2) is 48.7 Å². The molecule has 0 unspecified atom stereocenters. The molecule has 0 atom stereocenters. The molecule has 1 fully saturated rings. The average Bonchev–Trinajstić information content (AvgIpc) is 2.61. The van der Waals surface area contributed by atoms with Gasteiger partial charge in [0.1, 0.15) is 0 Å². The van der Waals surface area contributed by atoms with Gasteiger partial charge in [0, 0.05) is 43.9 Å². The fourth-order valence-corrected chi connectivity index (χ4v) is 2.46. The molecule has 23 heavy (non-hydrogen) atoms. The van der Waals surface area contributed by atoms with E-state index in [-0.39, 0.29) is 11.7 Å². The second-order valence-electron chi connectivity index (χ2n) is 5.20. The Bertz CT molecular complexity index is 744. The lowest BCUT2D eigenvalue weighted by molar-refractivity contribution is -0.125. The van der Waals surface area contributed by atoms with E-state index in [4.69, 9.17) is 0 Å². The molecule has 0 aliphatic carbocycles. The van der Waals surface area contributed by atoms with E-state index in [1.807, 2.05) is 35.2 Å².